The molecule has 2 aromatic heterocycles. The third kappa shape index (κ3) is 5.20. The second kappa shape index (κ2) is 8.58. The molecular formula is C25H36N2O4S. The average Bonchev–Trinajstić information content (AvgIpc) is 3.17. The summed E-state index contributed by atoms with van der Waals surface area (Å²) in [5.74, 6) is 0.283. The molecule has 1 amide bonds. The first kappa shape index (κ1) is 24.4. The van der Waals surface area contributed by atoms with E-state index in [4.69, 9.17) is 9.47 Å². The predicted molar refractivity (Wildman–Crippen MR) is 131 cm³/mol. The van der Waals surface area contributed by atoms with E-state index in [2.05, 4.69) is 26.8 Å². The van der Waals surface area contributed by atoms with E-state index in [9.17, 15) is 9.59 Å². The lowest BCUT2D eigenvalue weighted by atomic mass is 9.98. The minimum Gasteiger partial charge on any atom is -0.444 e. The van der Waals surface area contributed by atoms with Crippen LogP contribution in [0.3, 0.4) is 0 Å². The maximum absolute atomic E-state index is 12.9. The van der Waals surface area contributed by atoms with Gasteiger partial charge in [0, 0.05) is 29.5 Å². The van der Waals surface area contributed by atoms with Gasteiger partial charge in [-0.25, -0.2) is 14.2 Å². The molecule has 3 heterocycles. The lowest BCUT2D eigenvalue weighted by molar-refractivity contribution is 0.0270. The Kier molecular flexibility index (Phi) is 6.53. The maximum Gasteiger partial charge on any atom is 0.419 e. The van der Waals surface area contributed by atoms with E-state index in [-0.39, 0.29) is 18.1 Å². The molecule has 0 saturated heterocycles. The number of aromatic nitrogens is 1. The molecule has 2 aromatic rings. The van der Waals surface area contributed by atoms with Crippen molar-refractivity contribution in [2.45, 2.75) is 85.9 Å². The summed E-state index contributed by atoms with van der Waals surface area (Å²) >= 11 is 1.63. The van der Waals surface area contributed by atoms with Crippen LogP contribution in [0, 0.1) is 6.92 Å². The van der Waals surface area contributed by atoms with Gasteiger partial charge in [0.1, 0.15) is 16.0 Å². The summed E-state index contributed by atoms with van der Waals surface area (Å²) in [6.45, 7) is 18.8. The van der Waals surface area contributed by atoms with Crippen LogP contribution in [0.4, 0.5) is 9.59 Å². The number of nitrogens with zero attached hydrogens (tertiary/aromatic N) is 2. The number of fused-ring (bicyclic) bond motifs is 1. The zero-order valence-corrected chi connectivity index (χ0v) is 21.6. The van der Waals surface area contributed by atoms with Crippen LogP contribution in [-0.4, -0.2) is 45.9 Å². The number of rotatable bonds is 2. The highest BCUT2D eigenvalue weighted by molar-refractivity contribution is 7.20. The van der Waals surface area contributed by atoms with Crippen molar-refractivity contribution in [1.82, 2.24) is 9.47 Å². The van der Waals surface area contributed by atoms with Gasteiger partial charge in [-0.1, -0.05) is 19.9 Å². The molecule has 0 spiro atoms. The Labute approximate surface area is 195 Å². The molecule has 0 atom stereocenters. The first-order valence-corrected chi connectivity index (χ1v) is 12.0. The zero-order valence-electron chi connectivity index (χ0n) is 20.8. The van der Waals surface area contributed by atoms with E-state index in [0.717, 1.165) is 22.2 Å². The molecule has 32 heavy (non-hydrogen) atoms. The van der Waals surface area contributed by atoms with Crippen LogP contribution in [0.25, 0.3) is 15.8 Å². The molecule has 0 N–H and O–H groups in total. The van der Waals surface area contributed by atoms with Crippen LogP contribution in [0.5, 0.6) is 0 Å². The quantitative estimate of drug-likeness (QED) is 0.487. The molecule has 1 aliphatic heterocycles. The van der Waals surface area contributed by atoms with Crippen LogP contribution < -0.4 is 0 Å². The number of carbonyl (C=O) groups excluding carboxylic acids is 2. The lowest BCUT2D eigenvalue weighted by Gasteiger charge is -2.29. The number of carbonyl (C=O) groups is 2. The van der Waals surface area contributed by atoms with Gasteiger partial charge in [0.15, 0.2) is 0 Å². The van der Waals surface area contributed by atoms with Gasteiger partial charge in [0.2, 0.25) is 0 Å². The third-order valence-corrected chi connectivity index (χ3v) is 6.64. The monoisotopic (exact) mass is 460 g/mol. The number of hydrogen-bond acceptors (Lipinski definition) is 5. The normalized spacial score (nSPS) is 15.3. The molecule has 1 aliphatic rings. The Bertz CT molecular complexity index is 1060. The molecule has 6 nitrogen and oxygen atoms in total. The van der Waals surface area contributed by atoms with Crippen molar-refractivity contribution in [2.24, 2.45) is 0 Å². The van der Waals surface area contributed by atoms with Gasteiger partial charge < -0.3 is 14.4 Å². The molecule has 0 saturated carbocycles. The highest BCUT2D eigenvalue weighted by atomic mass is 32.1. The molecule has 7 heteroatoms. The number of thiophene rings is 1. The van der Waals surface area contributed by atoms with Crippen LogP contribution in [0.2, 0.25) is 0 Å². The molecule has 3 rings (SSSR count). The minimum atomic E-state index is -0.558. The Hall–Kier alpha value is -2.28. The molecule has 0 aliphatic carbocycles. The minimum absolute atomic E-state index is 0.278. The second-order valence-corrected chi connectivity index (χ2v) is 11.7. The first-order valence-electron chi connectivity index (χ1n) is 11.2. The van der Waals surface area contributed by atoms with Crippen molar-refractivity contribution in [2.75, 3.05) is 13.1 Å². The lowest BCUT2D eigenvalue weighted by Crippen LogP contribution is -2.39. The fourth-order valence-corrected chi connectivity index (χ4v) is 5.19. The summed E-state index contributed by atoms with van der Waals surface area (Å²) in [5, 5.41) is 1.14. The number of ether oxygens (including phenoxy) is 2. The molecule has 0 unspecified atom stereocenters. The van der Waals surface area contributed by atoms with Crippen molar-refractivity contribution in [1.29, 1.82) is 0 Å². The van der Waals surface area contributed by atoms with Crippen LogP contribution in [-0.2, 0) is 9.47 Å². The Morgan fingerprint density at radius 1 is 1.03 bits per heavy atom. The first-order chi connectivity index (χ1) is 14.7. The number of hydrogen-bond donors (Lipinski definition) is 0. The van der Waals surface area contributed by atoms with Gasteiger partial charge in [-0.2, -0.15) is 0 Å². The van der Waals surface area contributed by atoms with Crippen LogP contribution >= 0.6 is 11.3 Å². The van der Waals surface area contributed by atoms with Crippen LogP contribution in [0.1, 0.15) is 83.7 Å². The molecule has 0 bridgehead atoms. The second-order valence-electron chi connectivity index (χ2n) is 10.7. The van der Waals surface area contributed by atoms with Crippen LogP contribution in [0.15, 0.2) is 12.3 Å². The van der Waals surface area contributed by atoms with Crippen molar-refractivity contribution in [3.63, 3.8) is 0 Å². The van der Waals surface area contributed by atoms with E-state index >= 15 is 0 Å². The Balaban J connectivity index is 1.95. The van der Waals surface area contributed by atoms with Crippen molar-refractivity contribution >= 4 is 39.3 Å². The van der Waals surface area contributed by atoms with Crippen molar-refractivity contribution < 1.29 is 19.1 Å². The summed E-state index contributed by atoms with van der Waals surface area (Å²) in [4.78, 5) is 29.1. The topological polar surface area (TPSA) is 60.8 Å². The van der Waals surface area contributed by atoms with E-state index in [1.54, 1.807) is 20.8 Å². The summed E-state index contributed by atoms with van der Waals surface area (Å²) in [5.41, 5.74) is 2.49. The van der Waals surface area contributed by atoms with Gasteiger partial charge in [0.25, 0.3) is 0 Å². The van der Waals surface area contributed by atoms with E-state index in [1.807, 2.05) is 47.7 Å². The van der Waals surface area contributed by atoms with Crippen molar-refractivity contribution in [3.05, 3.63) is 28.3 Å². The highest BCUT2D eigenvalue weighted by Crippen LogP contribution is 2.42. The molecular weight excluding hydrogens is 424 g/mol. The summed E-state index contributed by atoms with van der Waals surface area (Å²) in [6, 6.07) is 0. The maximum atomic E-state index is 12.9. The largest absolute Gasteiger partial charge is 0.444 e. The predicted octanol–water partition coefficient (Wildman–Crippen LogP) is 6.94. The average molecular weight is 461 g/mol. The molecule has 0 fully saturated rings. The van der Waals surface area contributed by atoms with Gasteiger partial charge in [-0.15, -0.1) is 11.3 Å². The highest BCUT2D eigenvalue weighted by Gasteiger charge is 2.28. The Morgan fingerprint density at radius 3 is 2.12 bits per heavy atom. The van der Waals surface area contributed by atoms with Gasteiger partial charge >= 0.3 is 12.2 Å². The molecule has 0 aromatic carbocycles. The van der Waals surface area contributed by atoms with Gasteiger partial charge in [0.05, 0.1) is 0 Å². The van der Waals surface area contributed by atoms with E-state index in [0.29, 0.717) is 13.1 Å². The molecule has 176 valence electrons. The number of aryl methyl sites for hydroxylation is 1. The van der Waals surface area contributed by atoms with Gasteiger partial charge in [-0.05, 0) is 77.5 Å². The summed E-state index contributed by atoms with van der Waals surface area (Å²) in [6.07, 6.45) is 4.16. The summed E-state index contributed by atoms with van der Waals surface area (Å²) < 4.78 is 12.8. The van der Waals surface area contributed by atoms with E-state index in [1.165, 1.54) is 16.0 Å². The smallest absolute Gasteiger partial charge is 0.419 e. The fourth-order valence-electron chi connectivity index (χ4n) is 3.83. The molecule has 0 radical (unpaired) electrons. The van der Waals surface area contributed by atoms with E-state index < -0.39 is 11.2 Å². The SMILES string of the molecule is Cc1c(C2=CCN(C(=O)OC(C)(C)C)CC2)sc2c1c(C(C)C)cn2C(=O)OC(C)(C)C. The zero-order chi connectivity index (χ0) is 24.0. The standard InChI is InChI=1S/C25H36N2O4S/c1-15(2)18-14-27(23(29)31-25(7,8)9)21-19(18)16(3)20(32-21)17-10-12-26(13-11-17)22(28)30-24(4,5)6/h10,14-15H,11-13H2,1-9H3. The van der Waals surface area contributed by atoms with Gasteiger partial charge in [-0.3, -0.25) is 0 Å². The third-order valence-electron chi connectivity index (χ3n) is 5.27. The Morgan fingerprint density at radius 2 is 1.62 bits per heavy atom. The number of amides is 1. The summed E-state index contributed by atoms with van der Waals surface area (Å²) in [7, 11) is 0. The van der Waals surface area contributed by atoms with Crippen molar-refractivity contribution in [3.8, 4) is 0 Å². The fraction of sp³-hybridized carbons (Fsp3) is 0.600.